The van der Waals surface area contributed by atoms with Gasteiger partial charge in [-0.05, 0) is 37.8 Å². The lowest BCUT2D eigenvalue weighted by Crippen LogP contribution is -2.01. The fourth-order valence-corrected chi connectivity index (χ4v) is 2.22. The van der Waals surface area contributed by atoms with Crippen LogP contribution >= 0.6 is 15.9 Å². The molecule has 0 unspecified atom stereocenters. The maximum atomic E-state index is 5.97. The van der Waals surface area contributed by atoms with E-state index in [4.69, 9.17) is 5.73 Å². The minimum absolute atomic E-state index is 0.849. The lowest BCUT2D eigenvalue weighted by molar-refractivity contribution is 0.627. The molecule has 86 valence electrons. The number of allylic oxidation sites excluding steroid dienone is 3. The molecule has 16 heavy (non-hydrogen) atoms. The molecule has 1 aliphatic carbocycles. The Morgan fingerprint density at radius 3 is 3.00 bits per heavy atom. The van der Waals surface area contributed by atoms with Crippen molar-refractivity contribution in [2.45, 2.75) is 26.3 Å². The molecule has 1 saturated carbocycles. The third-order valence-electron chi connectivity index (χ3n) is 2.79. The molecule has 1 aromatic heterocycles. The second kappa shape index (κ2) is 4.91. The highest BCUT2D eigenvalue weighted by atomic mass is 79.9. The van der Waals surface area contributed by atoms with Crippen LogP contribution in [0.2, 0.25) is 0 Å². The number of aromatic nitrogens is 1. The quantitative estimate of drug-likeness (QED) is 0.836. The van der Waals surface area contributed by atoms with E-state index in [1.54, 1.807) is 0 Å². The molecular formula is C13H17BrN2. The van der Waals surface area contributed by atoms with Gasteiger partial charge in [0.15, 0.2) is 0 Å². The summed E-state index contributed by atoms with van der Waals surface area (Å²) in [6, 6.07) is 1.98. The van der Waals surface area contributed by atoms with Gasteiger partial charge >= 0.3 is 0 Å². The first kappa shape index (κ1) is 11.5. The number of halogens is 1. The molecular weight excluding hydrogens is 264 g/mol. The van der Waals surface area contributed by atoms with E-state index in [1.807, 2.05) is 25.1 Å². The fourth-order valence-electron chi connectivity index (χ4n) is 1.74. The third kappa shape index (κ3) is 2.79. The van der Waals surface area contributed by atoms with E-state index >= 15 is 0 Å². The standard InChI is InChI=1S/C13H17BrN2/c1-2-3-11(14)8-13-12(15)6-7-16(13)9-10-4-5-10/h2-3,6-8,10H,4-5,9,15H2,1H3/b3-2+,11-8+. The minimum Gasteiger partial charge on any atom is -0.397 e. The number of nitrogens with two attached hydrogens (primary N) is 1. The van der Waals surface area contributed by atoms with Crippen molar-refractivity contribution >= 4 is 27.7 Å². The molecule has 0 saturated heterocycles. The van der Waals surface area contributed by atoms with E-state index in [9.17, 15) is 0 Å². The molecule has 0 spiro atoms. The molecule has 0 bridgehead atoms. The molecule has 2 nitrogen and oxygen atoms in total. The summed E-state index contributed by atoms with van der Waals surface area (Å²) < 4.78 is 3.30. The van der Waals surface area contributed by atoms with Gasteiger partial charge in [-0.3, -0.25) is 0 Å². The molecule has 1 heterocycles. The lowest BCUT2D eigenvalue weighted by atomic mass is 10.3. The first-order chi connectivity index (χ1) is 7.70. The van der Waals surface area contributed by atoms with Crippen molar-refractivity contribution in [2.75, 3.05) is 5.73 Å². The predicted octanol–water partition coefficient (Wildman–Crippen LogP) is 3.79. The molecule has 2 N–H and O–H groups in total. The van der Waals surface area contributed by atoms with Gasteiger partial charge in [-0.15, -0.1) is 0 Å². The van der Waals surface area contributed by atoms with Crippen LogP contribution in [0.3, 0.4) is 0 Å². The Labute approximate surface area is 105 Å². The largest absolute Gasteiger partial charge is 0.397 e. The average Bonchev–Trinajstić information content (AvgIpc) is 2.99. The van der Waals surface area contributed by atoms with E-state index in [0.29, 0.717) is 0 Å². The number of rotatable bonds is 4. The lowest BCUT2D eigenvalue weighted by Gasteiger charge is -2.06. The summed E-state index contributed by atoms with van der Waals surface area (Å²) in [5, 5.41) is 0. The van der Waals surface area contributed by atoms with Gasteiger partial charge in [0.1, 0.15) is 0 Å². The van der Waals surface area contributed by atoms with Gasteiger partial charge in [0.05, 0.1) is 11.4 Å². The van der Waals surface area contributed by atoms with Gasteiger partial charge in [-0.25, -0.2) is 0 Å². The average molecular weight is 281 g/mol. The van der Waals surface area contributed by atoms with Crippen molar-refractivity contribution < 1.29 is 0 Å². The van der Waals surface area contributed by atoms with Crippen molar-refractivity contribution in [2.24, 2.45) is 5.92 Å². The number of nitrogens with zero attached hydrogens (tertiary/aromatic N) is 1. The van der Waals surface area contributed by atoms with Crippen LogP contribution < -0.4 is 5.73 Å². The summed E-state index contributed by atoms with van der Waals surface area (Å²) in [5.74, 6) is 0.861. The molecule has 0 atom stereocenters. The molecule has 1 fully saturated rings. The monoisotopic (exact) mass is 280 g/mol. The summed E-state index contributed by atoms with van der Waals surface area (Å²) in [5.41, 5.74) is 7.93. The second-order valence-corrected chi connectivity index (χ2v) is 5.20. The highest BCUT2D eigenvalue weighted by molar-refractivity contribution is 9.12. The summed E-state index contributed by atoms with van der Waals surface area (Å²) in [4.78, 5) is 0. The van der Waals surface area contributed by atoms with Crippen LogP contribution in [0, 0.1) is 5.92 Å². The predicted molar refractivity (Wildman–Crippen MR) is 73.3 cm³/mol. The second-order valence-electron chi connectivity index (χ2n) is 4.28. The summed E-state index contributed by atoms with van der Waals surface area (Å²) >= 11 is 3.52. The van der Waals surface area contributed by atoms with E-state index in [-0.39, 0.29) is 0 Å². The van der Waals surface area contributed by atoms with Crippen LogP contribution in [0.15, 0.2) is 28.9 Å². The van der Waals surface area contributed by atoms with Gasteiger partial charge in [0, 0.05) is 17.2 Å². The van der Waals surface area contributed by atoms with Gasteiger partial charge in [0.25, 0.3) is 0 Å². The van der Waals surface area contributed by atoms with Crippen LogP contribution in [-0.4, -0.2) is 4.57 Å². The molecule has 1 aromatic rings. The molecule has 1 aliphatic rings. The van der Waals surface area contributed by atoms with Crippen molar-refractivity contribution in [3.63, 3.8) is 0 Å². The Hall–Kier alpha value is -0.960. The number of hydrogen-bond donors (Lipinski definition) is 1. The van der Waals surface area contributed by atoms with Crippen LogP contribution in [0.25, 0.3) is 6.08 Å². The smallest absolute Gasteiger partial charge is 0.0651 e. The highest BCUT2D eigenvalue weighted by Gasteiger charge is 2.22. The summed E-state index contributed by atoms with van der Waals surface area (Å²) in [6.07, 6.45) is 10.9. The number of anilines is 1. The molecule has 0 radical (unpaired) electrons. The highest BCUT2D eigenvalue weighted by Crippen LogP contribution is 2.32. The minimum atomic E-state index is 0.849. The van der Waals surface area contributed by atoms with E-state index < -0.39 is 0 Å². The molecule has 3 heteroatoms. The van der Waals surface area contributed by atoms with Crippen molar-refractivity contribution in [3.8, 4) is 0 Å². The number of nitrogen functional groups attached to an aromatic ring is 1. The number of hydrogen-bond acceptors (Lipinski definition) is 1. The Morgan fingerprint density at radius 2 is 2.38 bits per heavy atom. The van der Waals surface area contributed by atoms with Crippen molar-refractivity contribution in [1.82, 2.24) is 4.57 Å². The van der Waals surface area contributed by atoms with E-state index in [2.05, 4.69) is 32.8 Å². The van der Waals surface area contributed by atoms with Gasteiger partial charge in [-0.1, -0.05) is 28.1 Å². The van der Waals surface area contributed by atoms with Gasteiger partial charge < -0.3 is 10.3 Å². The Kier molecular flexibility index (Phi) is 3.54. The zero-order valence-corrected chi connectivity index (χ0v) is 11.1. The molecule has 2 rings (SSSR count). The molecule has 0 amide bonds. The Bertz CT molecular complexity index is 425. The zero-order chi connectivity index (χ0) is 11.5. The third-order valence-corrected chi connectivity index (χ3v) is 3.28. The zero-order valence-electron chi connectivity index (χ0n) is 9.49. The first-order valence-electron chi connectivity index (χ1n) is 5.65. The normalized spacial score (nSPS) is 17.2. The van der Waals surface area contributed by atoms with E-state index in [1.165, 1.54) is 12.8 Å². The topological polar surface area (TPSA) is 30.9 Å². The van der Waals surface area contributed by atoms with Gasteiger partial charge in [-0.2, -0.15) is 0 Å². The van der Waals surface area contributed by atoms with E-state index in [0.717, 1.165) is 28.3 Å². The first-order valence-corrected chi connectivity index (χ1v) is 6.44. The van der Waals surface area contributed by atoms with Crippen molar-refractivity contribution in [3.05, 3.63) is 34.6 Å². The molecule has 0 aliphatic heterocycles. The van der Waals surface area contributed by atoms with Crippen molar-refractivity contribution in [1.29, 1.82) is 0 Å². The van der Waals surface area contributed by atoms with Crippen LogP contribution in [0.1, 0.15) is 25.5 Å². The Balaban J connectivity index is 2.23. The van der Waals surface area contributed by atoms with Crippen LogP contribution in [-0.2, 0) is 6.54 Å². The SMILES string of the molecule is C/C=C/C(Br)=C\c1c(N)ccn1CC1CC1. The van der Waals surface area contributed by atoms with Crippen LogP contribution in [0.5, 0.6) is 0 Å². The van der Waals surface area contributed by atoms with Crippen LogP contribution in [0.4, 0.5) is 5.69 Å². The van der Waals surface area contributed by atoms with Gasteiger partial charge in [0.2, 0.25) is 0 Å². The molecule has 0 aromatic carbocycles. The fraction of sp³-hybridized carbons (Fsp3) is 0.385. The Morgan fingerprint density at radius 1 is 1.62 bits per heavy atom. The maximum absolute atomic E-state index is 5.97. The summed E-state index contributed by atoms with van der Waals surface area (Å²) in [6.45, 7) is 3.10. The maximum Gasteiger partial charge on any atom is 0.0651 e. The summed E-state index contributed by atoms with van der Waals surface area (Å²) in [7, 11) is 0.